The van der Waals surface area contributed by atoms with Crippen molar-refractivity contribution in [3.8, 4) is 0 Å². The van der Waals surface area contributed by atoms with Gasteiger partial charge < -0.3 is 4.98 Å². The van der Waals surface area contributed by atoms with Gasteiger partial charge in [-0.1, -0.05) is 18.2 Å². The zero-order chi connectivity index (χ0) is 9.54. The first-order valence-corrected chi connectivity index (χ1v) is 5.15. The number of nitrogens with zero attached hydrogens (tertiary/aromatic N) is 1. The smallest absolute Gasteiger partial charge is 0.0662 e. The number of hydrogen-bond donors (Lipinski definition) is 1. The Morgan fingerprint density at radius 1 is 1.07 bits per heavy atom. The molecule has 3 heteroatoms. The minimum absolute atomic E-state index is 1.03. The molecule has 1 N–H and O–H groups in total. The molecule has 0 saturated heterocycles. The van der Waals surface area contributed by atoms with Crippen LogP contribution in [0.3, 0.4) is 0 Å². The summed E-state index contributed by atoms with van der Waals surface area (Å²) in [5.74, 6) is 0. The fourth-order valence-corrected chi connectivity index (χ4v) is 2.30. The van der Waals surface area contributed by atoms with Gasteiger partial charge in [0.1, 0.15) is 0 Å². The van der Waals surface area contributed by atoms with E-state index in [1.165, 1.54) is 10.8 Å². The Morgan fingerprint density at radius 2 is 1.93 bits per heavy atom. The number of aromatic amines is 1. The fourth-order valence-electron chi connectivity index (χ4n) is 1.76. The third kappa shape index (κ3) is 0.990. The average Bonchev–Trinajstić information content (AvgIpc) is 2.57. The van der Waals surface area contributed by atoms with Gasteiger partial charge in [0.05, 0.1) is 11.7 Å². The van der Waals surface area contributed by atoms with Crippen molar-refractivity contribution in [2.75, 3.05) is 0 Å². The lowest BCUT2D eigenvalue weighted by atomic mass is 10.2. The van der Waals surface area contributed by atoms with Crippen LogP contribution >= 0.6 is 15.9 Å². The van der Waals surface area contributed by atoms with Crippen LogP contribution in [0.5, 0.6) is 0 Å². The molecule has 0 saturated carbocycles. The molecule has 2 heterocycles. The van der Waals surface area contributed by atoms with E-state index < -0.39 is 0 Å². The van der Waals surface area contributed by atoms with Crippen LogP contribution in [0.15, 0.2) is 41.1 Å². The topological polar surface area (TPSA) is 28.7 Å². The van der Waals surface area contributed by atoms with Gasteiger partial charge in [0, 0.05) is 27.0 Å². The van der Waals surface area contributed by atoms with Crippen molar-refractivity contribution < 1.29 is 0 Å². The van der Waals surface area contributed by atoms with Gasteiger partial charge in [0.25, 0.3) is 0 Å². The first-order chi connectivity index (χ1) is 6.86. The Hall–Kier alpha value is -1.35. The number of fused-ring (bicyclic) bond motifs is 3. The molecule has 2 nitrogen and oxygen atoms in total. The van der Waals surface area contributed by atoms with Crippen molar-refractivity contribution in [2.24, 2.45) is 0 Å². The molecule has 0 bridgehead atoms. The zero-order valence-electron chi connectivity index (χ0n) is 7.29. The van der Waals surface area contributed by atoms with Crippen LogP contribution in [0.25, 0.3) is 21.8 Å². The summed E-state index contributed by atoms with van der Waals surface area (Å²) in [5, 5.41) is 2.44. The standard InChI is InChI=1S/C11H7BrN2/c12-8-5-13-6-10-11(8)7-3-1-2-4-9(7)14-10/h1-6,14H. The van der Waals surface area contributed by atoms with E-state index in [1.807, 2.05) is 24.5 Å². The van der Waals surface area contributed by atoms with E-state index in [1.54, 1.807) is 0 Å². The van der Waals surface area contributed by atoms with Gasteiger partial charge in [-0.15, -0.1) is 0 Å². The second kappa shape index (κ2) is 2.82. The molecular weight excluding hydrogens is 240 g/mol. The number of hydrogen-bond acceptors (Lipinski definition) is 1. The molecule has 0 aliphatic heterocycles. The number of rotatable bonds is 0. The number of para-hydroxylation sites is 1. The first-order valence-electron chi connectivity index (χ1n) is 4.36. The van der Waals surface area contributed by atoms with E-state index in [4.69, 9.17) is 0 Å². The van der Waals surface area contributed by atoms with E-state index in [9.17, 15) is 0 Å². The van der Waals surface area contributed by atoms with E-state index >= 15 is 0 Å². The maximum absolute atomic E-state index is 4.13. The molecule has 0 fully saturated rings. The molecule has 0 aliphatic carbocycles. The van der Waals surface area contributed by atoms with Crippen LogP contribution in [-0.4, -0.2) is 9.97 Å². The maximum atomic E-state index is 4.13. The SMILES string of the molecule is Brc1cncc2[nH]c3ccccc3c12. The average molecular weight is 247 g/mol. The largest absolute Gasteiger partial charge is 0.353 e. The third-order valence-electron chi connectivity index (χ3n) is 2.37. The van der Waals surface area contributed by atoms with Crippen LogP contribution in [0.4, 0.5) is 0 Å². The molecule has 3 rings (SSSR count). The van der Waals surface area contributed by atoms with Gasteiger partial charge in [0.2, 0.25) is 0 Å². The Bertz CT molecular complexity index is 613. The van der Waals surface area contributed by atoms with Crippen molar-refractivity contribution >= 4 is 37.7 Å². The lowest BCUT2D eigenvalue weighted by Crippen LogP contribution is -1.73. The predicted octanol–water partition coefficient (Wildman–Crippen LogP) is 3.48. The molecule has 0 unspecified atom stereocenters. The van der Waals surface area contributed by atoms with Gasteiger partial charge in [0.15, 0.2) is 0 Å². The zero-order valence-corrected chi connectivity index (χ0v) is 8.88. The van der Waals surface area contributed by atoms with Gasteiger partial charge >= 0.3 is 0 Å². The number of benzene rings is 1. The summed E-state index contributed by atoms with van der Waals surface area (Å²) in [6, 6.07) is 8.25. The molecule has 0 spiro atoms. The van der Waals surface area contributed by atoms with Crippen LogP contribution in [0.1, 0.15) is 0 Å². The Kier molecular flexibility index (Phi) is 1.61. The normalized spacial score (nSPS) is 11.2. The quantitative estimate of drug-likeness (QED) is 0.647. The molecule has 2 aromatic heterocycles. The fraction of sp³-hybridized carbons (Fsp3) is 0. The number of aromatic nitrogens is 2. The van der Waals surface area contributed by atoms with Gasteiger partial charge in [-0.25, -0.2) is 0 Å². The summed E-state index contributed by atoms with van der Waals surface area (Å²) >= 11 is 3.51. The van der Waals surface area contributed by atoms with Crippen molar-refractivity contribution in [3.05, 3.63) is 41.1 Å². The summed E-state index contributed by atoms with van der Waals surface area (Å²) in [5.41, 5.74) is 2.22. The lowest BCUT2D eigenvalue weighted by Gasteiger charge is -1.92. The highest BCUT2D eigenvalue weighted by Crippen LogP contribution is 2.30. The van der Waals surface area contributed by atoms with Gasteiger partial charge in [-0.05, 0) is 22.0 Å². The molecule has 68 valence electrons. The first kappa shape index (κ1) is 8.00. The third-order valence-corrected chi connectivity index (χ3v) is 2.97. The van der Waals surface area contributed by atoms with Crippen LogP contribution in [0, 0.1) is 0 Å². The molecule has 14 heavy (non-hydrogen) atoms. The molecular formula is C11H7BrN2. The van der Waals surface area contributed by atoms with Crippen LogP contribution in [0.2, 0.25) is 0 Å². The Morgan fingerprint density at radius 3 is 2.86 bits per heavy atom. The van der Waals surface area contributed by atoms with Crippen molar-refractivity contribution in [1.29, 1.82) is 0 Å². The van der Waals surface area contributed by atoms with E-state index in [0.29, 0.717) is 0 Å². The van der Waals surface area contributed by atoms with Crippen molar-refractivity contribution in [2.45, 2.75) is 0 Å². The highest BCUT2D eigenvalue weighted by Gasteiger charge is 2.05. The Labute approximate surface area is 89.1 Å². The molecule has 0 amide bonds. The van der Waals surface area contributed by atoms with E-state index in [-0.39, 0.29) is 0 Å². The van der Waals surface area contributed by atoms with Crippen molar-refractivity contribution in [3.63, 3.8) is 0 Å². The summed E-state index contributed by atoms with van der Waals surface area (Å²) in [6.45, 7) is 0. The van der Waals surface area contributed by atoms with Crippen LogP contribution in [-0.2, 0) is 0 Å². The number of H-pyrrole nitrogens is 1. The second-order valence-corrected chi connectivity index (χ2v) is 4.07. The monoisotopic (exact) mass is 246 g/mol. The maximum Gasteiger partial charge on any atom is 0.0662 e. The van der Waals surface area contributed by atoms with Crippen molar-refractivity contribution in [1.82, 2.24) is 9.97 Å². The molecule has 0 atom stereocenters. The number of pyridine rings is 1. The molecule has 0 aliphatic rings. The molecule has 1 aromatic carbocycles. The Balaban J connectivity index is 2.65. The number of nitrogens with one attached hydrogen (secondary N) is 1. The van der Waals surface area contributed by atoms with Crippen LogP contribution < -0.4 is 0 Å². The summed E-state index contributed by atoms with van der Waals surface area (Å²) < 4.78 is 1.03. The van der Waals surface area contributed by atoms with E-state index in [2.05, 4.69) is 38.0 Å². The predicted molar refractivity (Wildman–Crippen MR) is 61.3 cm³/mol. The molecule has 3 aromatic rings. The number of halogens is 1. The van der Waals surface area contributed by atoms with Gasteiger partial charge in [-0.2, -0.15) is 0 Å². The minimum Gasteiger partial charge on any atom is -0.353 e. The van der Waals surface area contributed by atoms with Gasteiger partial charge in [-0.3, -0.25) is 4.98 Å². The highest BCUT2D eigenvalue weighted by molar-refractivity contribution is 9.10. The summed E-state index contributed by atoms with van der Waals surface area (Å²) in [6.07, 6.45) is 3.67. The molecule has 0 radical (unpaired) electrons. The highest BCUT2D eigenvalue weighted by atomic mass is 79.9. The summed E-state index contributed by atoms with van der Waals surface area (Å²) in [4.78, 5) is 7.46. The van der Waals surface area contributed by atoms with E-state index in [0.717, 1.165) is 15.5 Å². The minimum atomic E-state index is 1.03. The summed E-state index contributed by atoms with van der Waals surface area (Å²) in [7, 11) is 0. The lowest BCUT2D eigenvalue weighted by molar-refractivity contribution is 1.33. The second-order valence-electron chi connectivity index (χ2n) is 3.21.